The van der Waals surface area contributed by atoms with Gasteiger partial charge < -0.3 is 10.2 Å². The van der Waals surface area contributed by atoms with Crippen LogP contribution in [0.25, 0.3) is 0 Å². The zero-order valence-corrected chi connectivity index (χ0v) is 19.5. The van der Waals surface area contributed by atoms with Crippen molar-refractivity contribution in [1.29, 1.82) is 0 Å². The van der Waals surface area contributed by atoms with E-state index in [1.165, 1.54) is 36.8 Å². The molecule has 0 aromatic carbocycles. The molecule has 0 saturated heterocycles. The lowest BCUT2D eigenvalue weighted by atomic mass is 9.46. The fraction of sp³-hybridized carbons (Fsp3) is 0.852. The zero-order valence-electron chi connectivity index (χ0n) is 19.5. The second-order valence-corrected chi connectivity index (χ2v) is 11.9. The second-order valence-electron chi connectivity index (χ2n) is 11.9. The Kier molecular flexibility index (Phi) is 5.84. The Morgan fingerprint density at radius 1 is 1.21 bits per heavy atom. The van der Waals surface area contributed by atoms with Gasteiger partial charge in [0.15, 0.2) is 0 Å². The summed E-state index contributed by atoms with van der Waals surface area (Å²) in [6, 6.07) is 0. The smallest absolute Gasteiger partial charge is 0.0585 e. The fourth-order valence-electron chi connectivity index (χ4n) is 8.58. The molecular formula is C27H44O2. The molecule has 4 rings (SSSR count). The van der Waals surface area contributed by atoms with E-state index in [1.807, 2.05) is 0 Å². The van der Waals surface area contributed by atoms with Crippen molar-refractivity contribution < 1.29 is 10.2 Å². The molecule has 4 aliphatic rings. The van der Waals surface area contributed by atoms with Gasteiger partial charge >= 0.3 is 0 Å². The summed E-state index contributed by atoms with van der Waals surface area (Å²) in [5.74, 6) is 3.27. The highest BCUT2D eigenvalue weighted by Crippen LogP contribution is 2.67. The van der Waals surface area contributed by atoms with Gasteiger partial charge in [0.2, 0.25) is 0 Å². The number of hydrogen-bond donors (Lipinski definition) is 2. The summed E-state index contributed by atoms with van der Waals surface area (Å²) in [4.78, 5) is 0. The summed E-state index contributed by atoms with van der Waals surface area (Å²) in [7, 11) is 0. The third-order valence-electron chi connectivity index (χ3n) is 9.94. The van der Waals surface area contributed by atoms with Crippen LogP contribution < -0.4 is 0 Å². The number of fused-ring (bicyclic) bond motifs is 5. The Morgan fingerprint density at radius 3 is 2.69 bits per heavy atom. The molecule has 0 radical (unpaired) electrons. The van der Waals surface area contributed by atoms with E-state index in [1.54, 1.807) is 0 Å². The maximum absolute atomic E-state index is 11.5. The van der Waals surface area contributed by atoms with Crippen LogP contribution >= 0.6 is 0 Å². The minimum Gasteiger partial charge on any atom is -0.393 e. The van der Waals surface area contributed by atoms with Crippen molar-refractivity contribution in [3.8, 4) is 0 Å². The SMILES string of the molecule is CC(C)=CCC[C@@H](C)[C@H]1CC[C@H]2[C@@H]3CC=C4C[C@@H](O)CC[C@]4(C)[C@H]3[C@H](O)C[C@]12C. The minimum atomic E-state index is -0.184. The first-order valence-electron chi connectivity index (χ1n) is 12.4. The molecule has 0 unspecified atom stereocenters. The van der Waals surface area contributed by atoms with Gasteiger partial charge in [0.05, 0.1) is 12.2 Å². The van der Waals surface area contributed by atoms with E-state index in [-0.39, 0.29) is 17.6 Å². The molecular weight excluding hydrogens is 356 g/mol. The van der Waals surface area contributed by atoms with Gasteiger partial charge in [0.25, 0.3) is 0 Å². The van der Waals surface area contributed by atoms with Crippen molar-refractivity contribution in [2.75, 3.05) is 0 Å². The van der Waals surface area contributed by atoms with Gasteiger partial charge in [-0.05, 0) is 112 Å². The van der Waals surface area contributed by atoms with Crippen LogP contribution in [-0.2, 0) is 0 Å². The molecule has 0 amide bonds. The lowest BCUT2D eigenvalue weighted by Crippen LogP contribution is -2.56. The van der Waals surface area contributed by atoms with Crippen molar-refractivity contribution in [2.24, 2.45) is 40.4 Å². The zero-order chi connectivity index (χ0) is 21.0. The first-order chi connectivity index (χ1) is 13.7. The summed E-state index contributed by atoms with van der Waals surface area (Å²) >= 11 is 0. The molecule has 0 heterocycles. The normalized spacial score (nSPS) is 47.5. The molecule has 0 aliphatic heterocycles. The molecule has 4 aliphatic carbocycles. The number of aliphatic hydroxyl groups excluding tert-OH is 2. The maximum atomic E-state index is 11.5. The van der Waals surface area contributed by atoms with Crippen molar-refractivity contribution in [3.05, 3.63) is 23.3 Å². The van der Waals surface area contributed by atoms with E-state index < -0.39 is 0 Å². The van der Waals surface area contributed by atoms with E-state index in [0.29, 0.717) is 17.3 Å². The van der Waals surface area contributed by atoms with Crippen LogP contribution in [0.3, 0.4) is 0 Å². The van der Waals surface area contributed by atoms with Gasteiger partial charge in [0, 0.05) is 0 Å². The van der Waals surface area contributed by atoms with Crippen LogP contribution in [0.1, 0.15) is 92.4 Å². The molecule has 0 bridgehead atoms. The molecule has 2 heteroatoms. The molecule has 2 N–H and O–H groups in total. The highest BCUT2D eigenvalue weighted by Gasteiger charge is 2.61. The predicted octanol–water partition coefficient (Wildman–Crippen LogP) is 6.28. The molecule has 3 saturated carbocycles. The van der Waals surface area contributed by atoms with Crippen LogP contribution in [0.2, 0.25) is 0 Å². The van der Waals surface area contributed by atoms with Crippen LogP contribution in [-0.4, -0.2) is 22.4 Å². The van der Waals surface area contributed by atoms with E-state index in [9.17, 15) is 10.2 Å². The topological polar surface area (TPSA) is 40.5 Å². The van der Waals surface area contributed by atoms with Gasteiger partial charge in [-0.25, -0.2) is 0 Å². The van der Waals surface area contributed by atoms with Gasteiger partial charge in [-0.3, -0.25) is 0 Å². The van der Waals surface area contributed by atoms with Gasteiger partial charge in [-0.15, -0.1) is 0 Å². The lowest BCUT2D eigenvalue weighted by molar-refractivity contribution is -0.129. The Labute approximate surface area is 178 Å². The highest BCUT2D eigenvalue weighted by atomic mass is 16.3. The molecule has 9 atom stereocenters. The number of allylic oxidation sites excluding steroid dienone is 3. The number of rotatable bonds is 4. The average molecular weight is 401 g/mol. The quantitative estimate of drug-likeness (QED) is 0.545. The molecule has 0 spiro atoms. The van der Waals surface area contributed by atoms with Crippen molar-refractivity contribution in [3.63, 3.8) is 0 Å². The van der Waals surface area contributed by atoms with Crippen LogP contribution in [0.15, 0.2) is 23.3 Å². The van der Waals surface area contributed by atoms with Crippen LogP contribution in [0.4, 0.5) is 0 Å². The third-order valence-corrected chi connectivity index (χ3v) is 9.94. The summed E-state index contributed by atoms with van der Waals surface area (Å²) in [6.07, 6.45) is 14.6. The molecule has 3 fully saturated rings. The Morgan fingerprint density at radius 2 is 1.97 bits per heavy atom. The summed E-state index contributed by atoms with van der Waals surface area (Å²) < 4.78 is 0. The average Bonchev–Trinajstić information content (AvgIpc) is 2.98. The Balaban J connectivity index is 1.56. The van der Waals surface area contributed by atoms with Gasteiger partial charge in [0.1, 0.15) is 0 Å². The maximum Gasteiger partial charge on any atom is 0.0585 e. The van der Waals surface area contributed by atoms with Crippen LogP contribution in [0.5, 0.6) is 0 Å². The number of hydrogen-bond acceptors (Lipinski definition) is 2. The van der Waals surface area contributed by atoms with E-state index in [4.69, 9.17) is 0 Å². The lowest BCUT2D eigenvalue weighted by Gasteiger charge is -2.60. The molecule has 29 heavy (non-hydrogen) atoms. The Hall–Kier alpha value is -0.600. The van der Waals surface area contributed by atoms with Crippen molar-refractivity contribution in [2.45, 2.75) is 105 Å². The monoisotopic (exact) mass is 400 g/mol. The fourth-order valence-corrected chi connectivity index (χ4v) is 8.58. The molecule has 2 nitrogen and oxygen atoms in total. The van der Waals surface area contributed by atoms with E-state index >= 15 is 0 Å². The molecule has 0 aromatic heterocycles. The summed E-state index contributed by atoms with van der Waals surface area (Å²) in [6.45, 7) is 11.8. The predicted molar refractivity (Wildman–Crippen MR) is 120 cm³/mol. The summed E-state index contributed by atoms with van der Waals surface area (Å²) in [5.41, 5.74) is 3.28. The second kappa shape index (κ2) is 7.83. The van der Waals surface area contributed by atoms with E-state index in [0.717, 1.165) is 49.9 Å². The minimum absolute atomic E-state index is 0.107. The molecule has 0 aromatic rings. The number of aliphatic hydroxyl groups is 2. The van der Waals surface area contributed by atoms with Crippen LogP contribution in [0, 0.1) is 40.4 Å². The Bertz CT molecular complexity index is 674. The first kappa shape index (κ1) is 21.6. The summed E-state index contributed by atoms with van der Waals surface area (Å²) in [5, 5.41) is 21.7. The van der Waals surface area contributed by atoms with Gasteiger partial charge in [-0.2, -0.15) is 0 Å². The van der Waals surface area contributed by atoms with Crippen molar-refractivity contribution in [1.82, 2.24) is 0 Å². The van der Waals surface area contributed by atoms with Crippen molar-refractivity contribution >= 4 is 0 Å². The highest BCUT2D eigenvalue weighted by molar-refractivity contribution is 5.26. The molecule has 164 valence electrons. The van der Waals surface area contributed by atoms with Gasteiger partial charge in [-0.1, -0.05) is 44.1 Å². The standard InChI is InChI=1S/C27H44O2/c1-17(2)7-6-8-18(3)22-11-12-23-21-10-9-19-15-20(28)13-14-26(19,4)25(21)24(29)16-27(22,23)5/h7,9,18,20-25,28-29H,6,8,10-16H2,1-5H3/t18-,20+,21+,22-,23+,24-,25-,26+,27-/m1/s1. The first-order valence-corrected chi connectivity index (χ1v) is 12.4. The largest absolute Gasteiger partial charge is 0.393 e. The third kappa shape index (κ3) is 3.57. The van der Waals surface area contributed by atoms with E-state index in [2.05, 4.69) is 46.8 Å².